The topological polar surface area (TPSA) is 77.7 Å². The zero-order valence-corrected chi connectivity index (χ0v) is 31.8. The Balaban J connectivity index is 1.04. The van der Waals surface area contributed by atoms with Crippen molar-refractivity contribution in [3.05, 3.63) is 194 Å². The molecule has 6 nitrogen and oxygen atoms in total. The summed E-state index contributed by atoms with van der Waals surface area (Å²) in [5, 5.41) is 2.23. The maximum absolute atomic E-state index is 14.5. The minimum Gasteiger partial charge on any atom is -0.309 e. The highest BCUT2D eigenvalue weighted by Gasteiger charge is 2.36. The predicted molar refractivity (Wildman–Crippen MR) is 232 cm³/mol. The zero-order chi connectivity index (χ0) is 38.8. The maximum atomic E-state index is 14.5. The summed E-state index contributed by atoms with van der Waals surface area (Å²) in [5.41, 5.74) is 10.8. The van der Waals surface area contributed by atoms with Crippen LogP contribution in [0.5, 0.6) is 0 Å². The first kappa shape index (κ1) is 33.8. The molecule has 0 N–H and O–H groups in total. The Morgan fingerprint density at radius 3 is 1.64 bits per heavy atom. The molecule has 7 heteroatoms. The van der Waals surface area contributed by atoms with Crippen LogP contribution in [-0.4, -0.2) is 27.9 Å². The molecular weight excluding hydrogens is 733 g/mol. The summed E-state index contributed by atoms with van der Waals surface area (Å²) < 4.78 is 31.2. The summed E-state index contributed by atoms with van der Waals surface area (Å²) in [7, 11) is -3.87. The number of hydrogen-bond acceptors (Lipinski definition) is 5. The Morgan fingerprint density at radius 2 is 0.897 bits per heavy atom. The van der Waals surface area contributed by atoms with E-state index >= 15 is 0 Å². The van der Waals surface area contributed by atoms with Crippen LogP contribution in [0.2, 0.25) is 0 Å². The van der Waals surface area contributed by atoms with E-state index in [2.05, 4.69) is 83.4 Å². The lowest BCUT2D eigenvalue weighted by atomic mass is 9.96. The van der Waals surface area contributed by atoms with Crippen LogP contribution in [0.25, 0.3) is 95.0 Å². The van der Waals surface area contributed by atoms with E-state index in [1.165, 1.54) is 0 Å². The van der Waals surface area contributed by atoms with Gasteiger partial charge >= 0.3 is 0 Å². The SMILES string of the molecule is O=S1(=O)c2cc(-c3ccc4c(c3)c3ccccc3n4-c3ccccc3)ccc2-c2c(-c3nc(-c4ccccc4)nc(-c4ccc(-c5ccccc5)cc4)n3)cccc21. The number of fused-ring (bicyclic) bond motifs is 6. The number of rotatable bonds is 6. The van der Waals surface area contributed by atoms with Crippen molar-refractivity contribution in [1.82, 2.24) is 19.5 Å². The predicted octanol–water partition coefficient (Wildman–Crippen LogP) is 12.1. The normalized spacial score (nSPS) is 12.8. The molecule has 0 radical (unpaired) electrons. The zero-order valence-electron chi connectivity index (χ0n) is 31.0. The fraction of sp³-hybridized carbons (Fsp3) is 0. The lowest BCUT2D eigenvalue weighted by Gasteiger charge is -2.12. The molecule has 0 unspecified atom stereocenters. The molecule has 0 saturated heterocycles. The van der Waals surface area contributed by atoms with Gasteiger partial charge in [0.15, 0.2) is 17.5 Å². The van der Waals surface area contributed by atoms with Crippen LogP contribution < -0.4 is 0 Å². The molecule has 2 aromatic heterocycles. The fourth-order valence-electron chi connectivity index (χ4n) is 8.26. The second-order valence-electron chi connectivity index (χ2n) is 14.4. The largest absolute Gasteiger partial charge is 0.309 e. The molecule has 0 spiro atoms. The Hall–Kier alpha value is -7.48. The first-order valence-corrected chi connectivity index (χ1v) is 20.6. The molecule has 8 aromatic carbocycles. The summed E-state index contributed by atoms with van der Waals surface area (Å²) in [6.45, 7) is 0. The lowest BCUT2D eigenvalue weighted by molar-refractivity contribution is 0.598. The summed E-state index contributed by atoms with van der Waals surface area (Å²) in [6, 6.07) is 64.4. The second-order valence-corrected chi connectivity index (χ2v) is 16.3. The maximum Gasteiger partial charge on any atom is 0.207 e. The van der Waals surface area contributed by atoms with Gasteiger partial charge in [0, 0.05) is 44.3 Å². The minimum atomic E-state index is -3.87. The number of hydrogen-bond donors (Lipinski definition) is 0. The van der Waals surface area contributed by atoms with E-state index in [0.717, 1.165) is 60.9 Å². The Bertz CT molecular complexity index is 3330. The van der Waals surface area contributed by atoms with E-state index in [-0.39, 0.29) is 9.79 Å². The van der Waals surface area contributed by atoms with E-state index in [1.807, 2.05) is 103 Å². The number of benzene rings is 8. The molecule has 1 aliphatic heterocycles. The van der Waals surface area contributed by atoms with Crippen molar-refractivity contribution >= 4 is 31.6 Å². The van der Waals surface area contributed by atoms with Gasteiger partial charge in [0.25, 0.3) is 0 Å². The smallest absolute Gasteiger partial charge is 0.207 e. The molecular formula is C51H32N4O2S. The van der Waals surface area contributed by atoms with E-state index < -0.39 is 9.84 Å². The molecule has 0 bridgehead atoms. The summed E-state index contributed by atoms with van der Waals surface area (Å²) in [5.74, 6) is 1.41. The third-order valence-electron chi connectivity index (χ3n) is 11.0. The van der Waals surface area contributed by atoms with Crippen molar-refractivity contribution in [1.29, 1.82) is 0 Å². The number of para-hydroxylation sites is 2. The van der Waals surface area contributed by atoms with Crippen molar-refractivity contribution in [3.8, 4) is 73.2 Å². The number of aromatic nitrogens is 4. The molecule has 0 amide bonds. The van der Waals surface area contributed by atoms with Crippen molar-refractivity contribution in [2.45, 2.75) is 9.79 Å². The molecule has 10 aromatic rings. The van der Waals surface area contributed by atoms with Crippen LogP contribution in [-0.2, 0) is 9.84 Å². The molecule has 0 fully saturated rings. The van der Waals surface area contributed by atoms with Gasteiger partial charge in [0.1, 0.15) is 0 Å². The average Bonchev–Trinajstić information content (AvgIpc) is 3.74. The van der Waals surface area contributed by atoms with E-state index in [4.69, 9.17) is 15.0 Å². The molecule has 274 valence electrons. The van der Waals surface area contributed by atoms with Gasteiger partial charge in [-0.25, -0.2) is 23.4 Å². The standard InChI is InChI=1S/C51H32N4O2S/c56-58(57)46-22-12-20-42(51-53-49(35-15-6-2-7-16-35)52-50(54-51)36-25-23-34(24-26-36)33-13-4-1-5-14-33)48(46)41-29-27-38(32-47(41)58)37-28-30-45-43(31-37)40-19-10-11-21-44(40)55(45)39-17-8-3-9-18-39/h1-32H. The monoisotopic (exact) mass is 764 g/mol. The molecule has 0 aliphatic carbocycles. The van der Waals surface area contributed by atoms with Gasteiger partial charge in [-0.15, -0.1) is 0 Å². The van der Waals surface area contributed by atoms with Crippen LogP contribution in [0.4, 0.5) is 0 Å². The summed E-state index contributed by atoms with van der Waals surface area (Å²) in [6.07, 6.45) is 0. The molecule has 11 rings (SSSR count). The van der Waals surface area contributed by atoms with Crippen LogP contribution in [0.3, 0.4) is 0 Å². The Kier molecular flexibility index (Phi) is 7.77. The quantitative estimate of drug-likeness (QED) is 0.168. The van der Waals surface area contributed by atoms with Crippen LogP contribution in [0.15, 0.2) is 204 Å². The van der Waals surface area contributed by atoms with Crippen molar-refractivity contribution in [2.75, 3.05) is 0 Å². The van der Waals surface area contributed by atoms with Gasteiger partial charge in [0.05, 0.1) is 20.8 Å². The fourth-order valence-corrected chi connectivity index (χ4v) is 9.99. The highest BCUT2D eigenvalue weighted by atomic mass is 32.2. The van der Waals surface area contributed by atoms with Gasteiger partial charge < -0.3 is 4.57 Å². The van der Waals surface area contributed by atoms with Gasteiger partial charge in [-0.05, 0) is 64.7 Å². The lowest BCUT2D eigenvalue weighted by Crippen LogP contribution is -2.01. The summed E-state index contributed by atoms with van der Waals surface area (Å²) >= 11 is 0. The highest BCUT2D eigenvalue weighted by Crippen LogP contribution is 2.49. The third kappa shape index (κ3) is 5.47. The molecule has 58 heavy (non-hydrogen) atoms. The first-order chi connectivity index (χ1) is 28.5. The van der Waals surface area contributed by atoms with E-state index in [0.29, 0.717) is 34.2 Å². The van der Waals surface area contributed by atoms with Gasteiger partial charge in [-0.1, -0.05) is 152 Å². The first-order valence-electron chi connectivity index (χ1n) is 19.1. The summed E-state index contributed by atoms with van der Waals surface area (Å²) in [4.78, 5) is 15.5. The van der Waals surface area contributed by atoms with Crippen LogP contribution in [0.1, 0.15) is 0 Å². The van der Waals surface area contributed by atoms with Crippen molar-refractivity contribution in [2.24, 2.45) is 0 Å². The second kappa shape index (κ2) is 13.3. The third-order valence-corrected chi connectivity index (χ3v) is 12.9. The molecule has 0 atom stereocenters. The van der Waals surface area contributed by atoms with E-state index in [1.54, 1.807) is 12.1 Å². The number of nitrogens with zero attached hydrogens (tertiary/aromatic N) is 4. The molecule has 3 heterocycles. The molecule has 1 aliphatic rings. The Labute approximate surface area is 335 Å². The highest BCUT2D eigenvalue weighted by molar-refractivity contribution is 7.92. The Morgan fingerprint density at radius 1 is 0.362 bits per heavy atom. The van der Waals surface area contributed by atoms with Crippen LogP contribution >= 0.6 is 0 Å². The van der Waals surface area contributed by atoms with Crippen molar-refractivity contribution < 1.29 is 8.42 Å². The van der Waals surface area contributed by atoms with Gasteiger partial charge in [0.2, 0.25) is 9.84 Å². The van der Waals surface area contributed by atoms with E-state index in [9.17, 15) is 8.42 Å². The van der Waals surface area contributed by atoms with Crippen molar-refractivity contribution in [3.63, 3.8) is 0 Å². The minimum absolute atomic E-state index is 0.244. The van der Waals surface area contributed by atoms with Gasteiger partial charge in [-0.2, -0.15) is 0 Å². The average molecular weight is 765 g/mol. The molecule has 0 saturated carbocycles. The van der Waals surface area contributed by atoms with Crippen LogP contribution in [0, 0.1) is 0 Å². The van der Waals surface area contributed by atoms with Gasteiger partial charge in [-0.3, -0.25) is 0 Å². The number of sulfone groups is 1.